The van der Waals surface area contributed by atoms with Crippen LogP contribution in [0.5, 0.6) is 0 Å². The van der Waals surface area contributed by atoms with Gasteiger partial charge in [-0.25, -0.2) is 9.67 Å². The summed E-state index contributed by atoms with van der Waals surface area (Å²) in [7, 11) is 1.71. The lowest BCUT2D eigenvalue weighted by Crippen LogP contribution is -2.26. The molecule has 0 aliphatic heterocycles. The fourth-order valence-corrected chi connectivity index (χ4v) is 4.22. The molecule has 1 amide bonds. The van der Waals surface area contributed by atoms with Gasteiger partial charge in [-0.1, -0.05) is 23.4 Å². The van der Waals surface area contributed by atoms with Crippen molar-refractivity contribution in [3.8, 4) is 5.69 Å². The highest BCUT2D eigenvalue weighted by Crippen LogP contribution is 2.27. The highest BCUT2D eigenvalue weighted by Gasteiger charge is 2.18. The van der Waals surface area contributed by atoms with E-state index in [1.807, 2.05) is 24.4 Å². The predicted molar refractivity (Wildman–Crippen MR) is 102 cm³/mol. The molecule has 0 fully saturated rings. The molecule has 3 aromatic heterocycles. The summed E-state index contributed by atoms with van der Waals surface area (Å²) in [5, 5.41) is 6.53. The van der Waals surface area contributed by atoms with Crippen molar-refractivity contribution in [1.29, 1.82) is 0 Å². The largest absolute Gasteiger partial charge is 0.311 e. The van der Waals surface area contributed by atoms with Gasteiger partial charge in [-0.3, -0.25) is 9.78 Å². The first-order valence-electron chi connectivity index (χ1n) is 7.51. The Morgan fingerprint density at radius 3 is 3.00 bits per heavy atom. The highest BCUT2D eigenvalue weighted by atomic mass is 35.5. The van der Waals surface area contributed by atoms with Gasteiger partial charge in [-0.05, 0) is 19.1 Å². The topological polar surface area (TPSA) is 63.9 Å². The predicted octanol–water partition coefficient (Wildman–Crippen LogP) is 3.83. The van der Waals surface area contributed by atoms with Crippen LogP contribution in [0, 0.1) is 6.92 Å². The lowest BCUT2D eigenvalue weighted by molar-refractivity contribution is -0.117. The molecule has 0 saturated carbocycles. The average Bonchev–Trinajstić information content (AvgIpc) is 3.20. The number of halogens is 1. The molecule has 130 valence electrons. The van der Waals surface area contributed by atoms with E-state index < -0.39 is 0 Å². The maximum absolute atomic E-state index is 12.4. The molecule has 0 unspecified atom stereocenters. The molecule has 9 heteroatoms. The number of amides is 1. The van der Waals surface area contributed by atoms with Gasteiger partial charge in [-0.2, -0.15) is 5.10 Å². The third kappa shape index (κ3) is 4.39. The van der Waals surface area contributed by atoms with Crippen LogP contribution in [0.4, 0.5) is 5.69 Å². The zero-order valence-corrected chi connectivity index (χ0v) is 16.1. The number of rotatable bonds is 6. The van der Waals surface area contributed by atoms with E-state index in [9.17, 15) is 4.79 Å². The average molecular weight is 394 g/mol. The number of hydrogen-bond acceptors (Lipinski definition) is 6. The summed E-state index contributed by atoms with van der Waals surface area (Å²) in [6.45, 7) is 1.96. The summed E-state index contributed by atoms with van der Waals surface area (Å²) < 4.78 is 2.59. The van der Waals surface area contributed by atoms with E-state index in [2.05, 4.69) is 15.1 Å². The molecular formula is C16H16ClN5OS2. The molecule has 0 saturated heterocycles. The van der Waals surface area contributed by atoms with Crippen molar-refractivity contribution in [3.05, 3.63) is 47.0 Å². The van der Waals surface area contributed by atoms with E-state index in [1.165, 1.54) is 4.90 Å². The fourth-order valence-electron chi connectivity index (χ4n) is 2.12. The van der Waals surface area contributed by atoms with E-state index in [1.54, 1.807) is 53.4 Å². The maximum Gasteiger partial charge on any atom is 0.227 e. The van der Waals surface area contributed by atoms with Crippen LogP contribution in [-0.2, 0) is 4.79 Å². The molecule has 0 atom stereocenters. The molecule has 0 aliphatic carbocycles. The minimum absolute atomic E-state index is 0.0200. The number of carbonyl (C=O) groups is 1. The number of pyridine rings is 1. The molecule has 6 nitrogen and oxygen atoms in total. The molecule has 3 rings (SSSR count). The minimum atomic E-state index is -0.0200. The molecule has 0 aliphatic rings. The van der Waals surface area contributed by atoms with Gasteiger partial charge in [0.05, 0.1) is 18.1 Å². The molecule has 0 N–H and O–H groups in total. The van der Waals surface area contributed by atoms with E-state index in [0.717, 1.165) is 15.7 Å². The Hall–Kier alpha value is -1.90. The number of aromatic nitrogens is 4. The smallest absolute Gasteiger partial charge is 0.227 e. The van der Waals surface area contributed by atoms with Crippen molar-refractivity contribution in [2.24, 2.45) is 0 Å². The van der Waals surface area contributed by atoms with Crippen molar-refractivity contribution >= 4 is 46.3 Å². The van der Waals surface area contributed by atoms with Gasteiger partial charge in [0.25, 0.3) is 0 Å². The van der Waals surface area contributed by atoms with Crippen LogP contribution in [0.3, 0.4) is 0 Å². The van der Waals surface area contributed by atoms with Gasteiger partial charge in [0.15, 0.2) is 5.15 Å². The van der Waals surface area contributed by atoms with Crippen LogP contribution in [-0.4, -0.2) is 38.5 Å². The zero-order chi connectivity index (χ0) is 17.8. The third-order valence-corrected chi connectivity index (χ3v) is 5.85. The Kier molecular flexibility index (Phi) is 5.72. The van der Waals surface area contributed by atoms with Gasteiger partial charge in [-0.15, -0.1) is 11.3 Å². The molecule has 0 spiro atoms. The van der Waals surface area contributed by atoms with Gasteiger partial charge in [0.1, 0.15) is 10.0 Å². The van der Waals surface area contributed by atoms with E-state index in [0.29, 0.717) is 17.9 Å². The van der Waals surface area contributed by atoms with Gasteiger partial charge < -0.3 is 4.90 Å². The van der Waals surface area contributed by atoms with Crippen LogP contribution in [0.1, 0.15) is 12.1 Å². The minimum Gasteiger partial charge on any atom is -0.311 e. The molecular weight excluding hydrogens is 378 g/mol. The Morgan fingerprint density at radius 1 is 1.48 bits per heavy atom. The molecule has 3 aromatic rings. The van der Waals surface area contributed by atoms with E-state index >= 15 is 0 Å². The SMILES string of the molecule is Cc1csc(SCCC(=O)N(C)c2cn(-c3cccnc3)nc2Cl)n1. The van der Waals surface area contributed by atoms with Crippen molar-refractivity contribution in [2.75, 3.05) is 17.7 Å². The lowest BCUT2D eigenvalue weighted by atomic mass is 10.4. The normalized spacial score (nSPS) is 10.8. The first-order valence-corrected chi connectivity index (χ1v) is 9.76. The van der Waals surface area contributed by atoms with Crippen LogP contribution < -0.4 is 4.90 Å². The summed E-state index contributed by atoms with van der Waals surface area (Å²) in [5.74, 6) is 0.651. The number of carbonyl (C=O) groups excluding carboxylic acids is 1. The molecule has 25 heavy (non-hydrogen) atoms. The van der Waals surface area contributed by atoms with Crippen molar-refractivity contribution < 1.29 is 4.79 Å². The summed E-state index contributed by atoms with van der Waals surface area (Å²) in [6, 6.07) is 3.69. The molecule has 0 radical (unpaired) electrons. The quantitative estimate of drug-likeness (QED) is 0.595. The second-order valence-electron chi connectivity index (χ2n) is 5.27. The first-order chi connectivity index (χ1) is 12.0. The summed E-state index contributed by atoms with van der Waals surface area (Å²) in [4.78, 5) is 22.4. The van der Waals surface area contributed by atoms with Crippen LogP contribution in [0.2, 0.25) is 5.15 Å². The Balaban J connectivity index is 1.63. The molecule has 3 heterocycles. The van der Waals surface area contributed by atoms with Crippen molar-refractivity contribution in [3.63, 3.8) is 0 Å². The molecule has 0 aromatic carbocycles. The van der Waals surface area contributed by atoms with E-state index in [4.69, 9.17) is 11.6 Å². The summed E-state index contributed by atoms with van der Waals surface area (Å²) in [6.07, 6.45) is 5.50. The highest BCUT2D eigenvalue weighted by molar-refractivity contribution is 8.01. The standard InChI is InChI=1S/C16H16ClN5OS2/c1-11-10-25-16(19-11)24-7-5-14(23)21(2)13-9-22(20-15(13)17)12-4-3-6-18-8-12/h3-4,6,8-10H,5,7H2,1-2H3. The monoisotopic (exact) mass is 393 g/mol. The van der Waals surface area contributed by atoms with Crippen LogP contribution in [0.15, 0.2) is 40.4 Å². The third-order valence-electron chi connectivity index (χ3n) is 3.44. The molecule has 0 bridgehead atoms. The zero-order valence-electron chi connectivity index (χ0n) is 13.7. The summed E-state index contributed by atoms with van der Waals surface area (Å²) >= 11 is 9.39. The number of anilines is 1. The number of hydrogen-bond donors (Lipinski definition) is 0. The van der Waals surface area contributed by atoms with Crippen LogP contribution in [0.25, 0.3) is 5.69 Å². The Labute approximate surface area is 158 Å². The second-order valence-corrected chi connectivity index (χ2v) is 7.83. The van der Waals surface area contributed by atoms with Gasteiger partial charge in [0.2, 0.25) is 5.91 Å². The first kappa shape index (κ1) is 17.9. The lowest BCUT2D eigenvalue weighted by Gasteiger charge is -2.15. The van der Waals surface area contributed by atoms with Crippen LogP contribution >= 0.6 is 34.7 Å². The number of nitrogens with zero attached hydrogens (tertiary/aromatic N) is 5. The summed E-state index contributed by atoms with van der Waals surface area (Å²) in [5.41, 5.74) is 2.36. The Bertz CT molecular complexity index is 865. The van der Waals surface area contributed by atoms with Crippen molar-refractivity contribution in [2.45, 2.75) is 17.7 Å². The fraction of sp³-hybridized carbons (Fsp3) is 0.250. The number of thiazole rings is 1. The van der Waals surface area contributed by atoms with E-state index in [-0.39, 0.29) is 11.1 Å². The Morgan fingerprint density at radius 2 is 2.32 bits per heavy atom. The van der Waals surface area contributed by atoms with Gasteiger partial charge >= 0.3 is 0 Å². The maximum atomic E-state index is 12.4. The van der Waals surface area contributed by atoms with Crippen molar-refractivity contribution in [1.82, 2.24) is 19.7 Å². The number of aryl methyl sites for hydroxylation is 1. The van der Waals surface area contributed by atoms with Gasteiger partial charge in [0, 0.05) is 36.5 Å². The number of thioether (sulfide) groups is 1. The second kappa shape index (κ2) is 7.99.